The molecule has 0 saturated carbocycles. The molecular weight excluding hydrogens is 296 g/mol. The van der Waals surface area contributed by atoms with Gasteiger partial charge in [-0.25, -0.2) is 4.98 Å². The highest BCUT2D eigenvalue weighted by molar-refractivity contribution is 5.93. The number of nitrogens with one attached hydrogen (secondary N) is 1. The van der Waals surface area contributed by atoms with Gasteiger partial charge in [0.1, 0.15) is 11.4 Å². The van der Waals surface area contributed by atoms with E-state index in [1.807, 2.05) is 19.1 Å². The van der Waals surface area contributed by atoms with Crippen LogP contribution in [0.5, 0.6) is 0 Å². The lowest BCUT2D eigenvalue weighted by atomic mass is 10.1. The molecule has 0 aliphatic carbocycles. The highest BCUT2D eigenvalue weighted by atomic mass is 16.2. The van der Waals surface area contributed by atoms with Crippen LogP contribution in [0.3, 0.4) is 0 Å². The zero-order chi connectivity index (χ0) is 16.6. The average Bonchev–Trinajstić information content (AvgIpc) is 2.95. The predicted molar refractivity (Wildman–Crippen MR) is 83.1 cm³/mol. The van der Waals surface area contributed by atoms with Crippen molar-refractivity contribution in [2.24, 2.45) is 0 Å². The molecule has 3 aromatic rings. The lowest BCUT2D eigenvalue weighted by Gasteiger charge is -2.24. The van der Waals surface area contributed by atoms with Crippen molar-refractivity contribution < 1.29 is 4.79 Å². The van der Waals surface area contributed by atoms with Gasteiger partial charge >= 0.3 is 0 Å². The Labute approximate surface area is 131 Å². The van der Waals surface area contributed by atoms with Crippen LogP contribution in [-0.4, -0.2) is 42.4 Å². The number of aryl methyl sites for hydroxylation is 1. The van der Waals surface area contributed by atoms with Gasteiger partial charge in [-0.2, -0.15) is 9.50 Å². The van der Waals surface area contributed by atoms with E-state index in [4.69, 9.17) is 0 Å². The Hall–Kier alpha value is -3.03. The summed E-state index contributed by atoms with van der Waals surface area (Å²) in [6, 6.07) is 3.47. The summed E-state index contributed by atoms with van der Waals surface area (Å²) in [7, 11) is 1.65. The molecule has 118 valence electrons. The molecule has 0 aliphatic rings. The van der Waals surface area contributed by atoms with Crippen LogP contribution < -0.4 is 5.56 Å². The largest absolute Gasteiger partial charge is 0.335 e. The molecule has 0 saturated heterocycles. The van der Waals surface area contributed by atoms with Gasteiger partial charge in [-0.05, 0) is 31.5 Å². The molecule has 0 unspecified atom stereocenters. The molecule has 0 bridgehead atoms. The zero-order valence-electron chi connectivity index (χ0n) is 13.0. The van der Waals surface area contributed by atoms with E-state index in [9.17, 15) is 9.59 Å². The summed E-state index contributed by atoms with van der Waals surface area (Å²) in [6.07, 6.45) is 4.61. The van der Waals surface area contributed by atoms with Crippen molar-refractivity contribution in [2.45, 2.75) is 19.9 Å². The molecular formula is C15H16N6O2. The zero-order valence-corrected chi connectivity index (χ0v) is 13.0. The summed E-state index contributed by atoms with van der Waals surface area (Å²) in [5.41, 5.74) is 0.464. The SMILES string of the molecule is Cc1nc2ncc(C(=O)N(C)[C@@H](C)c3ccncc3)c(=O)n2[nH]1. The molecule has 1 N–H and O–H groups in total. The summed E-state index contributed by atoms with van der Waals surface area (Å²) in [5.74, 6) is 0.403. The van der Waals surface area contributed by atoms with Gasteiger partial charge in [0.25, 0.3) is 17.2 Å². The highest BCUT2D eigenvalue weighted by Gasteiger charge is 2.23. The minimum Gasteiger partial charge on any atom is -0.335 e. The van der Waals surface area contributed by atoms with Gasteiger partial charge < -0.3 is 4.90 Å². The summed E-state index contributed by atoms with van der Waals surface area (Å²) >= 11 is 0. The number of carbonyl (C=O) groups is 1. The second kappa shape index (κ2) is 5.64. The second-order valence-electron chi connectivity index (χ2n) is 5.29. The van der Waals surface area contributed by atoms with Crippen LogP contribution in [0, 0.1) is 6.92 Å². The Morgan fingerprint density at radius 2 is 2.04 bits per heavy atom. The molecule has 0 spiro atoms. The Morgan fingerprint density at radius 3 is 2.74 bits per heavy atom. The monoisotopic (exact) mass is 312 g/mol. The number of hydrogen-bond acceptors (Lipinski definition) is 5. The van der Waals surface area contributed by atoms with Crippen molar-refractivity contribution >= 4 is 11.7 Å². The van der Waals surface area contributed by atoms with E-state index in [0.717, 1.165) is 5.56 Å². The van der Waals surface area contributed by atoms with E-state index in [2.05, 4.69) is 20.1 Å². The Kier molecular flexibility index (Phi) is 3.65. The number of carbonyl (C=O) groups excluding carboxylic acids is 1. The van der Waals surface area contributed by atoms with Gasteiger partial charge in [0.05, 0.1) is 6.04 Å². The Bertz CT molecular complexity index is 915. The number of rotatable bonds is 3. The number of aromatic amines is 1. The van der Waals surface area contributed by atoms with Crippen molar-refractivity contribution in [3.8, 4) is 0 Å². The molecule has 1 atom stereocenters. The average molecular weight is 312 g/mol. The van der Waals surface area contributed by atoms with Gasteiger partial charge in [-0.1, -0.05) is 0 Å². The van der Waals surface area contributed by atoms with E-state index >= 15 is 0 Å². The molecule has 3 heterocycles. The molecule has 0 radical (unpaired) electrons. The maximum atomic E-state index is 12.7. The van der Waals surface area contributed by atoms with Gasteiger partial charge in [0.15, 0.2) is 0 Å². The summed E-state index contributed by atoms with van der Waals surface area (Å²) in [6.45, 7) is 3.60. The van der Waals surface area contributed by atoms with Gasteiger partial charge in [-0.3, -0.25) is 19.7 Å². The van der Waals surface area contributed by atoms with Crippen molar-refractivity contribution in [1.29, 1.82) is 0 Å². The molecule has 23 heavy (non-hydrogen) atoms. The third-order valence-electron chi connectivity index (χ3n) is 3.80. The molecule has 0 fully saturated rings. The van der Waals surface area contributed by atoms with E-state index < -0.39 is 11.5 Å². The highest BCUT2D eigenvalue weighted by Crippen LogP contribution is 2.18. The topological polar surface area (TPSA) is 96.2 Å². The lowest BCUT2D eigenvalue weighted by Crippen LogP contribution is -2.35. The first-order valence-electron chi connectivity index (χ1n) is 7.10. The van der Waals surface area contributed by atoms with Crippen LogP contribution in [0.15, 0.2) is 35.5 Å². The van der Waals surface area contributed by atoms with Crippen molar-refractivity contribution in [2.75, 3.05) is 7.05 Å². The van der Waals surface area contributed by atoms with E-state index in [0.29, 0.717) is 5.82 Å². The number of aromatic nitrogens is 5. The van der Waals surface area contributed by atoms with Crippen LogP contribution in [0.1, 0.15) is 34.7 Å². The molecule has 8 heteroatoms. The maximum absolute atomic E-state index is 12.7. The van der Waals surface area contributed by atoms with Crippen LogP contribution >= 0.6 is 0 Å². The number of pyridine rings is 1. The molecule has 0 aliphatic heterocycles. The van der Waals surface area contributed by atoms with Gasteiger partial charge in [0, 0.05) is 25.6 Å². The lowest BCUT2D eigenvalue weighted by molar-refractivity contribution is 0.0740. The van der Waals surface area contributed by atoms with Crippen molar-refractivity contribution in [3.05, 3.63) is 58.0 Å². The Morgan fingerprint density at radius 1 is 1.35 bits per heavy atom. The normalized spacial score (nSPS) is 12.3. The molecule has 0 aromatic carbocycles. The fourth-order valence-corrected chi connectivity index (χ4v) is 2.34. The first-order valence-corrected chi connectivity index (χ1v) is 7.10. The maximum Gasteiger partial charge on any atom is 0.286 e. The minimum atomic E-state index is -0.464. The summed E-state index contributed by atoms with van der Waals surface area (Å²) < 4.78 is 1.17. The number of fused-ring (bicyclic) bond motifs is 1. The van der Waals surface area contributed by atoms with Crippen LogP contribution in [0.25, 0.3) is 5.78 Å². The number of amides is 1. The first kappa shape index (κ1) is 14.9. The number of H-pyrrole nitrogens is 1. The second-order valence-corrected chi connectivity index (χ2v) is 5.29. The quantitative estimate of drug-likeness (QED) is 0.777. The van der Waals surface area contributed by atoms with E-state index in [1.165, 1.54) is 15.6 Å². The minimum absolute atomic E-state index is 0.00504. The van der Waals surface area contributed by atoms with E-state index in [-0.39, 0.29) is 17.4 Å². The van der Waals surface area contributed by atoms with E-state index in [1.54, 1.807) is 26.4 Å². The molecule has 3 rings (SSSR count). The third-order valence-corrected chi connectivity index (χ3v) is 3.80. The van der Waals surface area contributed by atoms with Crippen LogP contribution in [0.2, 0.25) is 0 Å². The predicted octanol–water partition coefficient (Wildman–Crippen LogP) is 0.954. The fraction of sp³-hybridized carbons (Fsp3) is 0.267. The van der Waals surface area contributed by atoms with Gasteiger partial charge in [-0.15, -0.1) is 0 Å². The Balaban J connectivity index is 1.96. The summed E-state index contributed by atoms with van der Waals surface area (Å²) in [5, 5.41) is 2.77. The number of hydrogen-bond donors (Lipinski definition) is 1. The van der Waals surface area contributed by atoms with Crippen LogP contribution in [0.4, 0.5) is 0 Å². The summed E-state index contributed by atoms with van der Waals surface area (Å²) in [4.78, 5) is 38.7. The number of nitrogens with zero attached hydrogens (tertiary/aromatic N) is 5. The van der Waals surface area contributed by atoms with Crippen molar-refractivity contribution in [3.63, 3.8) is 0 Å². The van der Waals surface area contributed by atoms with Crippen LogP contribution in [-0.2, 0) is 0 Å². The smallest absolute Gasteiger partial charge is 0.286 e. The standard InChI is InChI=1S/C15H16N6O2/c1-9(11-4-6-16-7-5-11)20(3)13(22)12-8-17-15-18-10(2)19-21(15)14(12)23/h4-9H,1-3H3,(H,17,18,19)/t9-/m0/s1. The van der Waals surface area contributed by atoms with Gasteiger partial charge in [0.2, 0.25) is 0 Å². The third kappa shape index (κ3) is 2.59. The molecule has 3 aromatic heterocycles. The fourth-order valence-electron chi connectivity index (χ4n) is 2.34. The van der Waals surface area contributed by atoms with Crippen molar-refractivity contribution in [1.82, 2.24) is 29.5 Å². The molecule has 1 amide bonds. The first-order chi connectivity index (χ1) is 11.0. The molecule has 8 nitrogen and oxygen atoms in total.